The molecule has 0 aliphatic heterocycles. The van der Waals surface area contributed by atoms with Crippen molar-refractivity contribution >= 4 is 23.6 Å². The van der Waals surface area contributed by atoms with Gasteiger partial charge >= 0.3 is 0 Å². The van der Waals surface area contributed by atoms with E-state index in [0.29, 0.717) is 34.8 Å². The number of aryl methyl sites for hydroxylation is 1. The molecule has 0 unspecified atom stereocenters. The molecule has 0 radical (unpaired) electrons. The molecule has 2 heterocycles. The fourth-order valence-corrected chi connectivity index (χ4v) is 4.67. The lowest BCUT2D eigenvalue weighted by Crippen LogP contribution is -2.37. The predicted molar refractivity (Wildman–Crippen MR) is 124 cm³/mol. The summed E-state index contributed by atoms with van der Waals surface area (Å²) in [7, 11) is 0. The van der Waals surface area contributed by atoms with Crippen LogP contribution in [0.4, 0.5) is 0 Å². The van der Waals surface area contributed by atoms with Gasteiger partial charge in [0.05, 0.1) is 12.3 Å². The maximum absolute atomic E-state index is 12.6. The molecule has 2 aromatic heterocycles. The maximum atomic E-state index is 12.6. The molecule has 1 fully saturated rings. The summed E-state index contributed by atoms with van der Waals surface area (Å²) in [5, 5.41) is 6.73. The van der Waals surface area contributed by atoms with Crippen molar-refractivity contribution in [2.24, 2.45) is 0 Å². The van der Waals surface area contributed by atoms with Crippen LogP contribution in [0, 0.1) is 6.92 Å². The number of furan rings is 1. The van der Waals surface area contributed by atoms with Gasteiger partial charge in [-0.15, -0.1) is 0 Å². The molecule has 168 valence electrons. The highest BCUT2D eigenvalue weighted by molar-refractivity contribution is 7.99. The van der Waals surface area contributed by atoms with Crippen molar-refractivity contribution in [3.8, 4) is 5.69 Å². The minimum Gasteiger partial charge on any atom is -0.465 e. The number of nitrogens with one attached hydrogen (secondary N) is 2. The lowest BCUT2D eigenvalue weighted by Gasteiger charge is -2.22. The van der Waals surface area contributed by atoms with Crippen LogP contribution in [0.3, 0.4) is 0 Å². The molecule has 32 heavy (non-hydrogen) atoms. The minimum absolute atomic E-state index is 0.0396. The van der Waals surface area contributed by atoms with Gasteiger partial charge in [-0.25, -0.2) is 4.98 Å². The van der Waals surface area contributed by atoms with E-state index in [9.17, 15) is 9.59 Å². The Bertz CT molecular complexity index is 1070. The van der Waals surface area contributed by atoms with Gasteiger partial charge in [-0.3, -0.25) is 14.2 Å². The van der Waals surface area contributed by atoms with Crippen molar-refractivity contribution in [3.63, 3.8) is 0 Å². The topological polar surface area (TPSA) is 89.2 Å². The Balaban J connectivity index is 1.36. The first-order valence-electron chi connectivity index (χ1n) is 11.0. The molecule has 2 N–H and O–H groups in total. The van der Waals surface area contributed by atoms with Crippen LogP contribution in [0.15, 0.2) is 58.4 Å². The normalized spacial score (nSPS) is 14.3. The Kier molecular flexibility index (Phi) is 7.32. The number of carbonyl (C=O) groups is 2. The minimum atomic E-state index is -0.179. The Hall–Kier alpha value is -3.00. The van der Waals surface area contributed by atoms with Gasteiger partial charge in [-0.1, -0.05) is 37.1 Å². The molecule has 7 nitrogen and oxygen atoms in total. The molecule has 4 rings (SSSR count). The van der Waals surface area contributed by atoms with Crippen LogP contribution in [0.1, 0.15) is 54.0 Å². The average Bonchev–Trinajstić information content (AvgIpc) is 3.45. The molecule has 0 atom stereocenters. The summed E-state index contributed by atoms with van der Waals surface area (Å²) >= 11 is 1.40. The molecule has 1 saturated carbocycles. The van der Waals surface area contributed by atoms with Crippen LogP contribution in [0.2, 0.25) is 0 Å². The zero-order chi connectivity index (χ0) is 22.3. The van der Waals surface area contributed by atoms with Gasteiger partial charge in [0.1, 0.15) is 11.5 Å². The molecule has 1 aliphatic rings. The van der Waals surface area contributed by atoms with E-state index in [0.717, 1.165) is 24.3 Å². The van der Waals surface area contributed by atoms with Crippen LogP contribution < -0.4 is 10.6 Å². The lowest BCUT2D eigenvalue weighted by atomic mass is 9.95. The van der Waals surface area contributed by atoms with Crippen LogP contribution in [0.25, 0.3) is 5.69 Å². The lowest BCUT2D eigenvalue weighted by molar-refractivity contribution is -0.119. The van der Waals surface area contributed by atoms with Crippen molar-refractivity contribution in [2.45, 2.75) is 56.8 Å². The number of carbonyl (C=O) groups excluding carboxylic acids is 2. The highest BCUT2D eigenvalue weighted by Gasteiger charge is 2.17. The SMILES string of the molecule is Cc1ccc(CNC(=O)c2cccc(-n3ccnc3SCC(=O)NC3CCCCC3)c2)o1. The summed E-state index contributed by atoms with van der Waals surface area (Å²) in [6, 6.07) is 11.4. The van der Waals surface area contributed by atoms with Crippen LogP contribution in [-0.2, 0) is 11.3 Å². The van der Waals surface area contributed by atoms with Gasteiger partial charge in [0.15, 0.2) is 5.16 Å². The van der Waals surface area contributed by atoms with E-state index in [4.69, 9.17) is 4.42 Å². The second-order valence-corrected chi connectivity index (χ2v) is 8.96. The van der Waals surface area contributed by atoms with Gasteiger partial charge < -0.3 is 15.1 Å². The monoisotopic (exact) mass is 452 g/mol. The molecule has 8 heteroatoms. The van der Waals surface area contributed by atoms with E-state index in [1.807, 2.05) is 48.0 Å². The van der Waals surface area contributed by atoms with Crippen molar-refractivity contribution < 1.29 is 14.0 Å². The average molecular weight is 453 g/mol. The predicted octanol–water partition coefficient (Wildman–Crippen LogP) is 4.24. The second kappa shape index (κ2) is 10.5. The number of aromatic nitrogens is 2. The number of nitrogens with zero attached hydrogens (tertiary/aromatic N) is 2. The van der Waals surface area contributed by atoms with E-state index < -0.39 is 0 Å². The molecular formula is C24H28N4O3S. The van der Waals surface area contributed by atoms with E-state index in [2.05, 4.69) is 15.6 Å². The first-order valence-corrected chi connectivity index (χ1v) is 12.0. The number of hydrogen-bond donors (Lipinski definition) is 2. The maximum Gasteiger partial charge on any atom is 0.251 e. The third-order valence-corrected chi connectivity index (χ3v) is 6.48. The van der Waals surface area contributed by atoms with Crippen molar-refractivity contribution in [2.75, 3.05) is 5.75 Å². The van der Waals surface area contributed by atoms with Gasteiger partial charge in [-0.05, 0) is 50.1 Å². The number of rotatable bonds is 8. The van der Waals surface area contributed by atoms with Crippen LogP contribution >= 0.6 is 11.8 Å². The third-order valence-electron chi connectivity index (χ3n) is 5.52. The van der Waals surface area contributed by atoms with Crippen LogP contribution in [0.5, 0.6) is 0 Å². The van der Waals surface area contributed by atoms with Gasteiger partial charge in [0, 0.05) is 29.7 Å². The smallest absolute Gasteiger partial charge is 0.251 e. The van der Waals surface area contributed by atoms with Gasteiger partial charge in [0.2, 0.25) is 5.91 Å². The summed E-state index contributed by atoms with van der Waals surface area (Å²) < 4.78 is 7.39. The first-order chi connectivity index (χ1) is 15.6. The standard InChI is InChI=1S/C24H28N4O3S/c1-17-10-11-21(31-17)15-26-23(30)18-6-5-9-20(14-18)28-13-12-25-24(28)32-16-22(29)27-19-7-3-2-4-8-19/h5-6,9-14,19H,2-4,7-8,15-16H2,1H3,(H,26,30)(H,27,29). The Morgan fingerprint density at radius 1 is 1.19 bits per heavy atom. The van der Waals surface area contributed by atoms with Crippen molar-refractivity contribution in [1.29, 1.82) is 0 Å². The molecule has 3 aromatic rings. The molecule has 0 spiro atoms. The zero-order valence-electron chi connectivity index (χ0n) is 18.2. The summed E-state index contributed by atoms with van der Waals surface area (Å²) in [4.78, 5) is 29.4. The Labute approximate surface area is 192 Å². The number of hydrogen-bond acceptors (Lipinski definition) is 5. The van der Waals surface area contributed by atoms with Gasteiger partial charge in [-0.2, -0.15) is 0 Å². The second-order valence-electron chi connectivity index (χ2n) is 8.02. The fourth-order valence-electron chi connectivity index (χ4n) is 3.89. The Morgan fingerprint density at radius 2 is 2.03 bits per heavy atom. The number of imidazole rings is 1. The van der Waals surface area contributed by atoms with E-state index in [1.54, 1.807) is 12.3 Å². The molecule has 2 amide bonds. The molecule has 0 bridgehead atoms. The quantitative estimate of drug-likeness (QED) is 0.499. The highest BCUT2D eigenvalue weighted by Crippen LogP contribution is 2.22. The van der Waals surface area contributed by atoms with Gasteiger partial charge in [0.25, 0.3) is 5.91 Å². The summed E-state index contributed by atoms with van der Waals surface area (Å²) in [6.45, 7) is 2.20. The fraction of sp³-hybridized carbons (Fsp3) is 0.375. The molecule has 1 aliphatic carbocycles. The molecule has 0 saturated heterocycles. The summed E-state index contributed by atoms with van der Waals surface area (Å²) in [5.74, 6) is 1.71. The van der Waals surface area contributed by atoms with E-state index in [-0.39, 0.29) is 11.8 Å². The van der Waals surface area contributed by atoms with Crippen molar-refractivity contribution in [1.82, 2.24) is 20.2 Å². The number of thioether (sulfide) groups is 1. The largest absolute Gasteiger partial charge is 0.465 e. The van der Waals surface area contributed by atoms with E-state index >= 15 is 0 Å². The van der Waals surface area contributed by atoms with Crippen LogP contribution in [-0.4, -0.2) is 33.2 Å². The number of amides is 2. The molecular weight excluding hydrogens is 424 g/mol. The van der Waals surface area contributed by atoms with Crippen molar-refractivity contribution in [3.05, 3.63) is 65.9 Å². The number of benzene rings is 1. The zero-order valence-corrected chi connectivity index (χ0v) is 19.0. The summed E-state index contributed by atoms with van der Waals surface area (Å²) in [6.07, 6.45) is 9.31. The molecule has 1 aromatic carbocycles. The third kappa shape index (κ3) is 5.82. The highest BCUT2D eigenvalue weighted by atomic mass is 32.2. The Morgan fingerprint density at radius 3 is 2.81 bits per heavy atom. The van der Waals surface area contributed by atoms with E-state index in [1.165, 1.54) is 31.0 Å². The summed E-state index contributed by atoms with van der Waals surface area (Å²) in [5.41, 5.74) is 1.37. The first kappa shape index (κ1) is 22.2.